The normalized spacial score (nSPS) is 15.6. The van der Waals surface area contributed by atoms with Crippen molar-refractivity contribution in [2.75, 3.05) is 20.1 Å². The van der Waals surface area contributed by atoms with Crippen LogP contribution in [-0.4, -0.2) is 36.1 Å². The maximum atomic E-state index is 11.2. The zero-order chi connectivity index (χ0) is 16.2. The van der Waals surface area contributed by atoms with E-state index >= 15 is 0 Å². The number of nitrogens with zero attached hydrogens (tertiary/aromatic N) is 1. The summed E-state index contributed by atoms with van der Waals surface area (Å²) in [5.41, 5.74) is 5.88. The number of aliphatic carboxylic acids is 1. The van der Waals surface area contributed by atoms with E-state index in [9.17, 15) is 9.90 Å². The first-order valence-electron chi connectivity index (χ1n) is 7.88. The highest BCUT2D eigenvalue weighted by Crippen LogP contribution is 2.35. The molecule has 23 heavy (non-hydrogen) atoms. The Labute approximate surface area is 140 Å². The second-order valence-corrected chi connectivity index (χ2v) is 6.80. The molecule has 1 N–H and O–H groups in total. The highest BCUT2D eigenvalue weighted by atomic mass is 32.1. The molecule has 0 bridgehead atoms. The van der Waals surface area contributed by atoms with Crippen LogP contribution in [-0.2, 0) is 11.2 Å². The van der Waals surface area contributed by atoms with Crippen LogP contribution in [0.1, 0.15) is 29.5 Å². The van der Waals surface area contributed by atoms with Gasteiger partial charge in [-0.2, -0.15) is 11.3 Å². The molecule has 3 rings (SSSR count). The fourth-order valence-electron chi connectivity index (χ4n) is 3.18. The number of carboxylic acid groups (broad SMARTS) is 1. The molecule has 0 atom stereocenters. The van der Waals surface area contributed by atoms with Crippen LogP contribution in [0.15, 0.2) is 46.7 Å². The standard InChI is InChI=1S/C19H21NO2S/c1-20-9-6-14(7-10-20)19(16-8-11-23-13-16)17-5-3-2-4-15(17)12-18(21)22/h2-5,8,11,13H,6-7,9-10,12H2,1H3,(H,21,22). The third-order valence-corrected chi connectivity index (χ3v) is 5.07. The summed E-state index contributed by atoms with van der Waals surface area (Å²) in [5, 5.41) is 13.5. The molecule has 0 unspecified atom stereocenters. The quantitative estimate of drug-likeness (QED) is 0.926. The zero-order valence-corrected chi connectivity index (χ0v) is 14.1. The molecule has 2 heterocycles. The number of benzene rings is 1. The Morgan fingerprint density at radius 2 is 1.96 bits per heavy atom. The molecule has 0 aliphatic carbocycles. The highest BCUT2D eigenvalue weighted by Gasteiger charge is 2.19. The second-order valence-electron chi connectivity index (χ2n) is 6.02. The first-order valence-corrected chi connectivity index (χ1v) is 8.82. The summed E-state index contributed by atoms with van der Waals surface area (Å²) in [7, 11) is 2.15. The highest BCUT2D eigenvalue weighted by molar-refractivity contribution is 7.08. The molecule has 1 fully saturated rings. The largest absolute Gasteiger partial charge is 0.481 e. The van der Waals surface area contributed by atoms with Crippen molar-refractivity contribution in [3.05, 3.63) is 63.4 Å². The molecule has 0 amide bonds. The predicted octanol–water partition coefficient (Wildman–Crippen LogP) is 3.90. The first kappa shape index (κ1) is 16.0. The lowest BCUT2D eigenvalue weighted by molar-refractivity contribution is -0.136. The van der Waals surface area contributed by atoms with Crippen molar-refractivity contribution >= 4 is 22.9 Å². The van der Waals surface area contributed by atoms with Crippen molar-refractivity contribution in [2.24, 2.45) is 0 Å². The minimum absolute atomic E-state index is 0.0665. The van der Waals surface area contributed by atoms with E-state index in [1.165, 1.54) is 16.7 Å². The van der Waals surface area contributed by atoms with E-state index in [0.29, 0.717) is 0 Å². The van der Waals surface area contributed by atoms with Crippen LogP contribution >= 0.6 is 11.3 Å². The average Bonchev–Trinajstić information content (AvgIpc) is 3.05. The Hall–Kier alpha value is -1.91. The maximum Gasteiger partial charge on any atom is 0.307 e. The molecular weight excluding hydrogens is 306 g/mol. The van der Waals surface area contributed by atoms with Crippen LogP contribution in [0.4, 0.5) is 0 Å². The van der Waals surface area contributed by atoms with E-state index in [-0.39, 0.29) is 6.42 Å². The number of hydrogen-bond acceptors (Lipinski definition) is 3. The van der Waals surface area contributed by atoms with Gasteiger partial charge in [0.2, 0.25) is 0 Å². The molecule has 0 saturated carbocycles. The molecule has 1 aliphatic rings. The third kappa shape index (κ3) is 3.71. The van der Waals surface area contributed by atoms with E-state index in [1.54, 1.807) is 11.3 Å². The fourth-order valence-corrected chi connectivity index (χ4v) is 3.82. The molecule has 1 aromatic heterocycles. The summed E-state index contributed by atoms with van der Waals surface area (Å²) < 4.78 is 0. The van der Waals surface area contributed by atoms with Crippen molar-refractivity contribution in [1.29, 1.82) is 0 Å². The molecule has 1 saturated heterocycles. The van der Waals surface area contributed by atoms with Crippen LogP contribution in [0.3, 0.4) is 0 Å². The Kier molecular flexibility index (Phi) is 4.94. The van der Waals surface area contributed by atoms with E-state index in [1.807, 2.05) is 18.2 Å². The Morgan fingerprint density at radius 3 is 2.61 bits per heavy atom. The monoisotopic (exact) mass is 327 g/mol. The van der Waals surface area contributed by atoms with Crippen LogP contribution in [0.2, 0.25) is 0 Å². The van der Waals surface area contributed by atoms with Gasteiger partial charge in [0, 0.05) is 13.1 Å². The lowest BCUT2D eigenvalue weighted by Crippen LogP contribution is -2.27. The predicted molar refractivity (Wildman–Crippen MR) is 94.9 cm³/mol. The first-order chi connectivity index (χ1) is 11.1. The van der Waals surface area contributed by atoms with Gasteiger partial charge < -0.3 is 10.0 Å². The van der Waals surface area contributed by atoms with Crippen molar-refractivity contribution < 1.29 is 9.90 Å². The van der Waals surface area contributed by atoms with E-state index < -0.39 is 5.97 Å². The van der Waals surface area contributed by atoms with E-state index in [0.717, 1.165) is 37.1 Å². The van der Waals surface area contributed by atoms with Gasteiger partial charge in [0.05, 0.1) is 6.42 Å². The molecule has 0 spiro atoms. The molecule has 4 heteroatoms. The Bertz CT molecular complexity index is 709. The number of carboxylic acids is 1. The number of rotatable bonds is 4. The lowest BCUT2D eigenvalue weighted by Gasteiger charge is -2.27. The van der Waals surface area contributed by atoms with E-state index in [4.69, 9.17) is 0 Å². The minimum Gasteiger partial charge on any atom is -0.481 e. The van der Waals surface area contributed by atoms with Crippen molar-refractivity contribution in [2.45, 2.75) is 19.3 Å². The Morgan fingerprint density at radius 1 is 1.22 bits per heavy atom. The summed E-state index contributed by atoms with van der Waals surface area (Å²) in [4.78, 5) is 13.6. The van der Waals surface area contributed by atoms with Crippen molar-refractivity contribution in [1.82, 2.24) is 4.90 Å². The number of carbonyl (C=O) groups is 1. The number of hydrogen-bond donors (Lipinski definition) is 1. The fraction of sp³-hybridized carbons (Fsp3) is 0.316. The van der Waals surface area contributed by atoms with Crippen LogP contribution < -0.4 is 0 Å². The number of likely N-dealkylation sites (tertiary alicyclic amines) is 1. The summed E-state index contributed by atoms with van der Waals surface area (Å²) >= 11 is 1.69. The second kappa shape index (κ2) is 7.11. The van der Waals surface area contributed by atoms with E-state index in [2.05, 4.69) is 34.8 Å². The molecule has 0 radical (unpaired) electrons. The smallest absolute Gasteiger partial charge is 0.307 e. The number of piperidine rings is 1. The van der Waals surface area contributed by atoms with Gasteiger partial charge in [0.15, 0.2) is 0 Å². The lowest BCUT2D eigenvalue weighted by atomic mass is 9.87. The Balaban J connectivity index is 2.10. The van der Waals surface area contributed by atoms with Gasteiger partial charge >= 0.3 is 5.97 Å². The summed E-state index contributed by atoms with van der Waals surface area (Å²) in [6.07, 6.45) is 2.16. The van der Waals surface area contributed by atoms with Gasteiger partial charge in [-0.25, -0.2) is 0 Å². The SMILES string of the molecule is CN1CCC(=C(c2ccsc2)c2ccccc2CC(=O)O)CC1. The van der Waals surface area contributed by atoms with Crippen LogP contribution in [0.5, 0.6) is 0 Å². The molecule has 2 aromatic rings. The molecule has 120 valence electrons. The molecule has 1 aromatic carbocycles. The minimum atomic E-state index is -0.782. The van der Waals surface area contributed by atoms with Gasteiger partial charge in [-0.3, -0.25) is 4.79 Å². The zero-order valence-electron chi connectivity index (χ0n) is 13.3. The molecular formula is C19H21NO2S. The third-order valence-electron chi connectivity index (χ3n) is 4.38. The maximum absolute atomic E-state index is 11.2. The van der Waals surface area contributed by atoms with Gasteiger partial charge in [0.25, 0.3) is 0 Å². The van der Waals surface area contributed by atoms with Gasteiger partial charge in [0.1, 0.15) is 0 Å². The van der Waals surface area contributed by atoms with Crippen molar-refractivity contribution in [3.8, 4) is 0 Å². The van der Waals surface area contributed by atoms with Crippen molar-refractivity contribution in [3.63, 3.8) is 0 Å². The summed E-state index contributed by atoms with van der Waals surface area (Å²) in [6, 6.07) is 10.1. The molecule has 1 aliphatic heterocycles. The van der Waals surface area contributed by atoms with Crippen LogP contribution in [0, 0.1) is 0 Å². The van der Waals surface area contributed by atoms with Gasteiger partial charge in [-0.05, 0) is 59.0 Å². The number of thiophene rings is 1. The molecule has 3 nitrogen and oxygen atoms in total. The topological polar surface area (TPSA) is 40.5 Å². The van der Waals surface area contributed by atoms with Crippen LogP contribution in [0.25, 0.3) is 5.57 Å². The summed E-state index contributed by atoms with van der Waals surface area (Å²) in [6.45, 7) is 2.12. The van der Waals surface area contributed by atoms with Gasteiger partial charge in [-0.15, -0.1) is 0 Å². The summed E-state index contributed by atoms with van der Waals surface area (Å²) in [5.74, 6) is -0.782. The average molecular weight is 327 g/mol. The van der Waals surface area contributed by atoms with Gasteiger partial charge in [-0.1, -0.05) is 29.8 Å².